The maximum Gasteiger partial charge on any atom is 0.327 e. The van der Waals surface area contributed by atoms with Crippen molar-refractivity contribution in [2.75, 3.05) is 5.75 Å². The molecule has 0 saturated carbocycles. The molecule has 1 heterocycles. The summed E-state index contributed by atoms with van der Waals surface area (Å²) in [5.74, 6) is -1.72. The smallest absolute Gasteiger partial charge is 0.327 e. The average molecular weight is 375 g/mol. The number of benzene rings is 1. The monoisotopic (exact) mass is 375 g/mol. The van der Waals surface area contributed by atoms with Gasteiger partial charge in [-0.1, -0.05) is 0 Å². The van der Waals surface area contributed by atoms with E-state index in [1.54, 1.807) is 24.3 Å². The third-order valence-corrected chi connectivity index (χ3v) is 4.05. The van der Waals surface area contributed by atoms with Crippen LogP contribution in [0.25, 0.3) is 10.9 Å². The molecule has 26 heavy (non-hydrogen) atoms. The molecule has 0 spiro atoms. The second-order valence-corrected chi connectivity index (χ2v) is 7.21. The number of nitrogens with zero attached hydrogens (tertiary/aromatic N) is 2. The quantitative estimate of drug-likeness (QED) is 0.244. The molecule has 0 saturated heterocycles. The Morgan fingerprint density at radius 2 is 2.08 bits per heavy atom. The van der Waals surface area contributed by atoms with E-state index in [0.717, 1.165) is 4.74 Å². The molecule has 0 aliphatic rings. The number of carboxylic acid groups (broad SMARTS) is 1. The van der Waals surface area contributed by atoms with Gasteiger partial charge in [0.2, 0.25) is 0 Å². The molecule has 138 valence electrons. The Kier molecular flexibility index (Phi) is 5.86. The molecular weight excluding hydrogens is 354 g/mol. The van der Waals surface area contributed by atoms with Crippen molar-refractivity contribution in [1.82, 2.24) is 10.3 Å². The molecular formula is C18H21N3O4S. The lowest BCUT2D eigenvalue weighted by Gasteiger charge is -2.18. The first-order valence-corrected chi connectivity index (χ1v) is 8.61. The highest BCUT2D eigenvalue weighted by Crippen LogP contribution is 2.16. The van der Waals surface area contributed by atoms with Crippen LogP contribution in [0.5, 0.6) is 0 Å². The molecule has 0 radical (unpaired) electrons. The van der Waals surface area contributed by atoms with Crippen LogP contribution in [0.4, 0.5) is 0 Å². The lowest BCUT2D eigenvalue weighted by atomic mass is 10.1. The minimum Gasteiger partial charge on any atom is -0.623 e. The molecule has 0 aliphatic carbocycles. The number of hydrogen-bond acceptors (Lipinski definition) is 5. The second-order valence-electron chi connectivity index (χ2n) is 6.85. The minimum absolute atomic E-state index is 0.0205. The second kappa shape index (κ2) is 7.74. The van der Waals surface area contributed by atoms with Crippen LogP contribution in [0.1, 0.15) is 36.7 Å². The van der Waals surface area contributed by atoms with Crippen molar-refractivity contribution in [2.24, 2.45) is 0 Å². The minimum atomic E-state index is -1.16. The largest absolute Gasteiger partial charge is 0.623 e. The van der Waals surface area contributed by atoms with E-state index in [9.17, 15) is 14.8 Å². The van der Waals surface area contributed by atoms with Crippen LogP contribution in [-0.2, 0) is 4.79 Å². The number of carboxylic acids is 1. The lowest BCUT2D eigenvalue weighted by molar-refractivity contribution is -0.530. The number of thiol groups is 1. The highest BCUT2D eigenvalue weighted by atomic mass is 32.1. The number of amides is 1. The first-order valence-electron chi connectivity index (χ1n) is 7.97. The molecule has 0 fully saturated rings. The van der Waals surface area contributed by atoms with E-state index in [1.165, 1.54) is 12.4 Å². The number of carbonyl (C=O) groups excluding carboxylic acids is 1. The number of carbonyl (C=O) groups is 2. The maximum atomic E-state index is 12.2. The van der Waals surface area contributed by atoms with Crippen LogP contribution in [-0.4, -0.2) is 50.3 Å². The lowest BCUT2D eigenvalue weighted by Crippen LogP contribution is -2.42. The molecule has 0 bridgehead atoms. The van der Waals surface area contributed by atoms with Gasteiger partial charge in [0.25, 0.3) is 5.91 Å². The first kappa shape index (κ1) is 19.7. The van der Waals surface area contributed by atoms with Crippen molar-refractivity contribution >= 4 is 41.6 Å². The number of hydroxylamine groups is 1. The van der Waals surface area contributed by atoms with Gasteiger partial charge in [0, 0.05) is 43.7 Å². The fraction of sp³-hybridized carbons (Fsp3) is 0.333. The van der Waals surface area contributed by atoms with E-state index in [0.29, 0.717) is 16.5 Å². The summed E-state index contributed by atoms with van der Waals surface area (Å²) >= 11 is 3.92. The molecule has 1 amide bonds. The molecule has 7 nitrogen and oxygen atoms in total. The molecule has 1 atom stereocenters. The van der Waals surface area contributed by atoms with E-state index in [2.05, 4.69) is 22.9 Å². The van der Waals surface area contributed by atoms with Gasteiger partial charge in [-0.05, 0) is 24.3 Å². The summed E-state index contributed by atoms with van der Waals surface area (Å²) in [6.45, 7) is 5.42. The van der Waals surface area contributed by atoms with Gasteiger partial charge in [-0.3, -0.25) is 9.78 Å². The van der Waals surface area contributed by atoms with Gasteiger partial charge in [-0.25, -0.2) is 9.53 Å². The number of nitrogens with one attached hydrogen (secondary N) is 1. The topological polar surface area (TPSA) is 105 Å². The fourth-order valence-corrected chi connectivity index (χ4v) is 2.36. The van der Waals surface area contributed by atoms with Crippen molar-refractivity contribution in [1.29, 1.82) is 0 Å². The summed E-state index contributed by atoms with van der Waals surface area (Å²) < 4.78 is 0.863. The Bertz CT molecular complexity index is 874. The average Bonchev–Trinajstić information content (AvgIpc) is 2.57. The molecule has 8 heteroatoms. The Hall–Kier alpha value is -2.61. The number of hydrogen-bond donors (Lipinski definition) is 3. The van der Waals surface area contributed by atoms with Gasteiger partial charge in [-0.2, -0.15) is 12.6 Å². The Balaban J connectivity index is 2.34. The van der Waals surface area contributed by atoms with Gasteiger partial charge >= 0.3 is 5.97 Å². The van der Waals surface area contributed by atoms with Crippen molar-refractivity contribution in [3.63, 3.8) is 0 Å². The van der Waals surface area contributed by atoms with Gasteiger partial charge in [0.15, 0.2) is 11.8 Å². The van der Waals surface area contributed by atoms with E-state index < -0.39 is 23.5 Å². The van der Waals surface area contributed by atoms with Crippen molar-refractivity contribution in [3.8, 4) is 0 Å². The summed E-state index contributed by atoms with van der Waals surface area (Å²) in [5.41, 5.74) is 1.02. The molecule has 0 aliphatic heterocycles. The molecule has 2 rings (SSSR count). The number of fused-ring (bicyclic) bond motifs is 1. The normalized spacial score (nSPS) is 13.5. The Labute approximate surface area is 156 Å². The number of aromatic nitrogens is 1. The third-order valence-electron chi connectivity index (χ3n) is 3.68. The maximum absolute atomic E-state index is 12.2. The zero-order valence-corrected chi connectivity index (χ0v) is 15.7. The number of pyridine rings is 1. The molecule has 1 aromatic heterocycles. The summed E-state index contributed by atoms with van der Waals surface area (Å²) in [5, 5.41) is 24.2. The van der Waals surface area contributed by atoms with Crippen LogP contribution in [0.15, 0.2) is 30.5 Å². The van der Waals surface area contributed by atoms with Crippen LogP contribution in [0.3, 0.4) is 0 Å². The van der Waals surface area contributed by atoms with Crippen LogP contribution in [0, 0.1) is 5.21 Å². The van der Waals surface area contributed by atoms with Crippen molar-refractivity contribution in [2.45, 2.75) is 32.4 Å². The third kappa shape index (κ3) is 4.72. The summed E-state index contributed by atoms with van der Waals surface area (Å²) in [4.78, 5) is 27.5. The highest BCUT2D eigenvalue weighted by Gasteiger charge is 2.20. The number of aliphatic carboxylic acids is 1. The van der Waals surface area contributed by atoms with Crippen LogP contribution < -0.4 is 5.32 Å². The Morgan fingerprint density at radius 3 is 2.65 bits per heavy atom. The SMILES string of the molecule is CC(C)(C)/[N+]([O-])=C/c1ccc2ncc(C(=O)NC(CS)C(=O)O)cc2c1. The summed E-state index contributed by atoms with van der Waals surface area (Å²) in [7, 11) is 0. The zero-order valence-electron chi connectivity index (χ0n) is 14.8. The first-order chi connectivity index (χ1) is 12.1. The van der Waals surface area contributed by atoms with Gasteiger partial charge in [-0.15, -0.1) is 0 Å². The van der Waals surface area contributed by atoms with E-state index >= 15 is 0 Å². The van der Waals surface area contributed by atoms with Crippen LogP contribution >= 0.6 is 12.6 Å². The zero-order chi connectivity index (χ0) is 19.5. The highest BCUT2D eigenvalue weighted by molar-refractivity contribution is 7.80. The van der Waals surface area contributed by atoms with Crippen LogP contribution in [0.2, 0.25) is 0 Å². The predicted octanol–water partition coefficient (Wildman–Crippen LogP) is 2.08. The fourth-order valence-electron chi connectivity index (χ4n) is 2.11. The molecule has 1 aromatic carbocycles. The standard InChI is InChI=1S/C18H21N3O4S/c1-18(2,3)21(25)9-11-4-5-14-12(6-11)7-13(8-19-14)16(22)20-15(10-26)17(23)24/h4-9,15,26H,10H2,1-3H3,(H,20,22)(H,23,24)/b21-9-. The predicted molar refractivity (Wildman–Crippen MR) is 103 cm³/mol. The van der Waals surface area contributed by atoms with Crippen molar-refractivity contribution in [3.05, 3.63) is 46.8 Å². The van der Waals surface area contributed by atoms with Gasteiger partial charge < -0.3 is 15.6 Å². The van der Waals surface area contributed by atoms with Gasteiger partial charge in [0.1, 0.15) is 6.04 Å². The number of rotatable bonds is 5. The van der Waals surface area contributed by atoms with Gasteiger partial charge in [0.05, 0.1) is 11.1 Å². The molecule has 2 aromatic rings. The molecule has 1 unspecified atom stereocenters. The van der Waals surface area contributed by atoms with E-state index in [1.807, 2.05) is 20.8 Å². The Morgan fingerprint density at radius 1 is 1.38 bits per heavy atom. The van der Waals surface area contributed by atoms with Crippen molar-refractivity contribution < 1.29 is 19.4 Å². The summed E-state index contributed by atoms with van der Waals surface area (Å²) in [6.07, 6.45) is 2.86. The summed E-state index contributed by atoms with van der Waals surface area (Å²) in [6, 6.07) is 5.81. The molecule has 2 N–H and O–H groups in total. The van der Waals surface area contributed by atoms with E-state index in [-0.39, 0.29) is 11.3 Å². The van der Waals surface area contributed by atoms with E-state index in [4.69, 9.17) is 5.11 Å².